The SMILES string of the molecule is CC(C)CN(C[C@@H](O)[C@H](Cc1ccccc1)NC(=O)OCc1ccccc1)S(=O)(=O)C1COc2ccccc2O1. The van der Waals surface area contributed by atoms with E-state index >= 15 is 0 Å². The van der Waals surface area contributed by atoms with Crippen LogP contribution in [0.4, 0.5) is 4.79 Å². The number of nitrogens with one attached hydrogen (secondary N) is 1. The number of carbonyl (C=O) groups is 1. The molecule has 9 nitrogen and oxygen atoms in total. The molecular weight excluding hydrogens is 532 g/mol. The second-order valence-corrected chi connectivity index (χ2v) is 12.2. The van der Waals surface area contributed by atoms with Crippen LogP contribution in [0.3, 0.4) is 0 Å². The van der Waals surface area contributed by atoms with Crippen molar-refractivity contribution in [1.82, 2.24) is 9.62 Å². The second kappa shape index (κ2) is 13.6. The monoisotopic (exact) mass is 568 g/mol. The zero-order valence-corrected chi connectivity index (χ0v) is 23.5. The lowest BCUT2D eigenvalue weighted by atomic mass is 10.0. The van der Waals surface area contributed by atoms with Crippen LogP contribution in [0.2, 0.25) is 0 Å². The molecule has 1 aliphatic heterocycles. The predicted molar refractivity (Wildman–Crippen MR) is 151 cm³/mol. The summed E-state index contributed by atoms with van der Waals surface area (Å²) in [5, 5.41) is 14.1. The number of hydrogen-bond donors (Lipinski definition) is 2. The molecule has 0 aliphatic carbocycles. The van der Waals surface area contributed by atoms with Gasteiger partial charge in [-0.3, -0.25) is 0 Å². The summed E-state index contributed by atoms with van der Waals surface area (Å²) in [6.07, 6.45) is -1.67. The van der Waals surface area contributed by atoms with Gasteiger partial charge in [0, 0.05) is 13.1 Å². The quantitative estimate of drug-likeness (QED) is 0.340. The molecule has 214 valence electrons. The Morgan fingerprint density at radius 2 is 1.55 bits per heavy atom. The van der Waals surface area contributed by atoms with Crippen molar-refractivity contribution < 1.29 is 32.5 Å². The van der Waals surface area contributed by atoms with E-state index in [-0.39, 0.29) is 38.6 Å². The second-order valence-electron chi connectivity index (χ2n) is 10.1. The van der Waals surface area contributed by atoms with Gasteiger partial charge in [0.2, 0.25) is 5.44 Å². The molecule has 0 fully saturated rings. The molecule has 0 aromatic heterocycles. The van der Waals surface area contributed by atoms with Crippen molar-refractivity contribution in [3.05, 3.63) is 96.1 Å². The van der Waals surface area contributed by atoms with Crippen LogP contribution < -0.4 is 14.8 Å². The van der Waals surface area contributed by atoms with Crippen molar-refractivity contribution in [3.8, 4) is 11.5 Å². The van der Waals surface area contributed by atoms with Gasteiger partial charge in [-0.15, -0.1) is 0 Å². The van der Waals surface area contributed by atoms with Gasteiger partial charge in [0.25, 0.3) is 10.0 Å². The minimum absolute atomic E-state index is 0.0323. The first-order valence-electron chi connectivity index (χ1n) is 13.3. The van der Waals surface area contributed by atoms with Gasteiger partial charge in [0.1, 0.15) is 13.2 Å². The van der Waals surface area contributed by atoms with Gasteiger partial charge in [-0.25, -0.2) is 13.2 Å². The number of fused-ring (bicyclic) bond motifs is 1. The van der Waals surface area contributed by atoms with Gasteiger partial charge in [0.05, 0.1) is 12.1 Å². The first kappa shape index (κ1) is 29.4. The summed E-state index contributed by atoms with van der Waals surface area (Å²) < 4.78 is 45.5. The molecule has 0 saturated carbocycles. The fourth-order valence-corrected chi connectivity index (χ4v) is 6.07. The maximum Gasteiger partial charge on any atom is 0.407 e. The molecule has 1 unspecified atom stereocenters. The third-order valence-corrected chi connectivity index (χ3v) is 8.33. The number of carbonyl (C=O) groups excluding carboxylic acids is 1. The lowest BCUT2D eigenvalue weighted by Gasteiger charge is -2.34. The van der Waals surface area contributed by atoms with Gasteiger partial charge in [-0.05, 0) is 35.6 Å². The minimum Gasteiger partial charge on any atom is -0.485 e. The number of rotatable bonds is 12. The van der Waals surface area contributed by atoms with E-state index in [1.54, 1.807) is 24.3 Å². The highest BCUT2D eigenvalue weighted by molar-refractivity contribution is 7.89. The van der Waals surface area contributed by atoms with Crippen LogP contribution in [-0.2, 0) is 27.8 Å². The molecule has 3 atom stereocenters. The third-order valence-electron chi connectivity index (χ3n) is 6.41. The topological polar surface area (TPSA) is 114 Å². The number of nitrogens with zero attached hydrogens (tertiary/aromatic N) is 1. The fraction of sp³-hybridized carbons (Fsp3) is 0.367. The van der Waals surface area contributed by atoms with Gasteiger partial charge >= 0.3 is 6.09 Å². The number of hydrogen-bond acceptors (Lipinski definition) is 7. The van der Waals surface area contributed by atoms with Crippen molar-refractivity contribution in [2.45, 2.75) is 44.5 Å². The van der Waals surface area contributed by atoms with E-state index in [9.17, 15) is 18.3 Å². The van der Waals surface area contributed by atoms with E-state index in [2.05, 4.69) is 5.32 Å². The predicted octanol–water partition coefficient (Wildman–Crippen LogP) is 3.97. The number of amides is 1. The summed E-state index contributed by atoms with van der Waals surface area (Å²) in [7, 11) is -4.06. The Bertz CT molecular complexity index is 1340. The van der Waals surface area contributed by atoms with Gasteiger partial charge in [0.15, 0.2) is 11.5 Å². The molecule has 3 aromatic rings. The van der Waals surface area contributed by atoms with E-state index < -0.39 is 33.7 Å². The Morgan fingerprint density at radius 3 is 2.20 bits per heavy atom. The molecular formula is C30H36N2O7S. The zero-order chi connectivity index (χ0) is 28.5. The Kier molecular flexibility index (Phi) is 10.0. The molecule has 2 N–H and O–H groups in total. The summed E-state index contributed by atoms with van der Waals surface area (Å²) in [6, 6.07) is 24.7. The Balaban J connectivity index is 1.50. The molecule has 3 aromatic carbocycles. The Hall–Kier alpha value is -3.60. The van der Waals surface area contributed by atoms with Crippen LogP contribution >= 0.6 is 0 Å². The molecule has 1 aliphatic rings. The molecule has 0 bridgehead atoms. The Labute approximate surface area is 235 Å². The summed E-state index contributed by atoms with van der Waals surface area (Å²) in [4.78, 5) is 12.7. The van der Waals surface area contributed by atoms with Crippen molar-refractivity contribution in [3.63, 3.8) is 0 Å². The van der Waals surface area contributed by atoms with Crippen molar-refractivity contribution in [2.75, 3.05) is 19.7 Å². The highest BCUT2D eigenvalue weighted by atomic mass is 32.2. The van der Waals surface area contributed by atoms with Crippen molar-refractivity contribution >= 4 is 16.1 Å². The number of ether oxygens (including phenoxy) is 3. The first-order valence-corrected chi connectivity index (χ1v) is 14.8. The van der Waals surface area contributed by atoms with Gasteiger partial charge < -0.3 is 24.6 Å². The molecule has 1 heterocycles. The smallest absolute Gasteiger partial charge is 0.407 e. The lowest BCUT2D eigenvalue weighted by Crippen LogP contribution is -2.54. The normalized spacial score (nSPS) is 16.4. The largest absolute Gasteiger partial charge is 0.485 e. The standard InChI is InChI=1S/C30H36N2O7S/c1-22(2)18-32(40(35,36)29-21-37-27-15-9-10-16-28(27)39-29)19-26(33)25(17-23-11-5-3-6-12-23)31-30(34)38-20-24-13-7-4-8-14-24/h3-16,22,25-26,29,33H,17-21H2,1-2H3,(H,31,34)/t25-,26+,29?/m0/s1. The van der Waals surface area contributed by atoms with E-state index in [0.717, 1.165) is 11.1 Å². The summed E-state index contributed by atoms with van der Waals surface area (Å²) in [6.45, 7) is 3.57. The fourth-order valence-electron chi connectivity index (χ4n) is 4.41. The third kappa shape index (κ3) is 7.97. The van der Waals surface area contributed by atoms with Crippen LogP contribution in [-0.4, -0.2) is 61.2 Å². The van der Waals surface area contributed by atoms with Crippen LogP contribution in [0, 0.1) is 5.92 Å². The molecule has 0 radical (unpaired) electrons. The van der Waals surface area contributed by atoms with Crippen LogP contribution in [0.25, 0.3) is 0 Å². The molecule has 4 rings (SSSR count). The number of alkyl carbamates (subject to hydrolysis) is 1. The van der Waals surface area contributed by atoms with Gasteiger partial charge in [-0.1, -0.05) is 86.6 Å². The average Bonchev–Trinajstić information content (AvgIpc) is 2.96. The first-order chi connectivity index (χ1) is 19.2. The summed E-state index contributed by atoms with van der Waals surface area (Å²) >= 11 is 0. The van der Waals surface area contributed by atoms with Crippen LogP contribution in [0.5, 0.6) is 11.5 Å². The molecule has 40 heavy (non-hydrogen) atoms. The highest BCUT2D eigenvalue weighted by Crippen LogP contribution is 2.33. The average molecular weight is 569 g/mol. The summed E-state index contributed by atoms with van der Waals surface area (Å²) in [5.74, 6) is 0.790. The maximum atomic E-state index is 13.7. The lowest BCUT2D eigenvalue weighted by molar-refractivity contribution is 0.0838. The number of para-hydroxylation sites is 2. The van der Waals surface area contributed by atoms with E-state index in [4.69, 9.17) is 14.2 Å². The van der Waals surface area contributed by atoms with Crippen LogP contribution in [0.15, 0.2) is 84.9 Å². The highest BCUT2D eigenvalue weighted by Gasteiger charge is 2.39. The van der Waals surface area contributed by atoms with Crippen molar-refractivity contribution in [2.24, 2.45) is 5.92 Å². The number of benzene rings is 3. The number of sulfonamides is 1. The number of aliphatic hydroxyl groups excluding tert-OH is 1. The summed E-state index contributed by atoms with van der Waals surface area (Å²) in [5.41, 5.74) is 0.418. The Morgan fingerprint density at radius 1 is 0.950 bits per heavy atom. The number of aliphatic hydroxyl groups is 1. The van der Waals surface area contributed by atoms with Gasteiger partial charge in [-0.2, -0.15) is 4.31 Å². The molecule has 1 amide bonds. The van der Waals surface area contributed by atoms with Crippen molar-refractivity contribution in [1.29, 1.82) is 0 Å². The zero-order valence-electron chi connectivity index (χ0n) is 22.7. The van der Waals surface area contributed by atoms with E-state index in [1.807, 2.05) is 74.5 Å². The minimum atomic E-state index is -4.06. The van der Waals surface area contributed by atoms with E-state index in [0.29, 0.717) is 11.5 Å². The molecule has 0 saturated heterocycles. The molecule has 10 heteroatoms. The molecule has 0 spiro atoms. The van der Waals surface area contributed by atoms with Crippen LogP contribution in [0.1, 0.15) is 25.0 Å². The maximum absolute atomic E-state index is 13.7. The van der Waals surface area contributed by atoms with E-state index in [1.165, 1.54) is 4.31 Å².